The van der Waals surface area contributed by atoms with Crippen molar-refractivity contribution in [2.24, 2.45) is 5.10 Å². The van der Waals surface area contributed by atoms with E-state index in [-0.39, 0.29) is 22.3 Å². The van der Waals surface area contributed by atoms with Crippen LogP contribution in [0.3, 0.4) is 0 Å². The number of aromatic nitrogens is 2. The Morgan fingerprint density at radius 1 is 1.20 bits per heavy atom. The molecule has 13 heteroatoms. The van der Waals surface area contributed by atoms with Crippen molar-refractivity contribution in [2.45, 2.75) is 38.3 Å². The first kappa shape index (κ1) is 28.2. The summed E-state index contributed by atoms with van der Waals surface area (Å²) in [6, 6.07) is 13.0. The van der Waals surface area contributed by atoms with E-state index < -0.39 is 17.6 Å². The number of hydrazone groups is 1. The summed E-state index contributed by atoms with van der Waals surface area (Å²) in [7, 11) is 1.50. The zero-order valence-corrected chi connectivity index (χ0v) is 24.8. The minimum absolute atomic E-state index is 0.0282. The Balaban J connectivity index is 1.14. The highest BCUT2D eigenvalue weighted by Gasteiger charge is 2.42. The average molecular weight is 622 g/mol. The summed E-state index contributed by atoms with van der Waals surface area (Å²) in [4.78, 5) is 18.6. The van der Waals surface area contributed by atoms with Gasteiger partial charge in [0.1, 0.15) is 29.2 Å². The predicted octanol–water partition coefficient (Wildman–Crippen LogP) is 5.23. The van der Waals surface area contributed by atoms with Gasteiger partial charge in [-0.2, -0.15) is 5.10 Å². The number of hydrogen-bond donors (Lipinski definition) is 1. The summed E-state index contributed by atoms with van der Waals surface area (Å²) in [6.07, 6.45) is 2.66. The van der Waals surface area contributed by atoms with E-state index in [1.807, 2.05) is 26.6 Å². The van der Waals surface area contributed by atoms with Gasteiger partial charge in [-0.3, -0.25) is 5.01 Å². The Morgan fingerprint density at radius 3 is 2.73 bits per heavy atom. The number of para-hydroxylation sites is 1. The predicted molar refractivity (Wildman–Crippen MR) is 160 cm³/mol. The van der Waals surface area contributed by atoms with Crippen LogP contribution in [0, 0.1) is 5.82 Å². The maximum atomic E-state index is 14.8. The lowest BCUT2D eigenvalue weighted by Gasteiger charge is -2.31. The smallest absolute Gasteiger partial charge is 0.335 e. The van der Waals surface area contributed by atoms with Gasteiger partial charge in [0.2, 0.25) is 0 Å². The third-order valence-electron chi connectivity index (χ3n) is 8.11. The number of hydrogen-bond acceptors (Lipinski definition) is 9. The molecule has 1 N–H and O–H groups in total. The first-order valence-corrected chi connectivity index (χ1v) is 14.5. The topological polar surface area (TPSA) is 111 Å². The van der Waals surface area contributed by atoms with E-state index in [0.717, 1.165) is 17.9 Å². The average Bonchev–Trinajstić information content (AvgIpc) is 3.51. The van der Waals surface area contributed by atoms with Crippen molar-refractivity contribution in [3.05, 3.63) is 76.3 Å². The first-order chi connectivity index (χ1) is 21.2. The van der Waals surface area contributed by atoms with Crippen LogP contribution in [0.4, 0.5) is 10.1 Å². The van der Waals surface area contributed by atoms with Gasteiger partial charge in [0.15, 0.2) is 11.5 Å². The number of anilines is 1. The number of imidazole rings is 1. The van der Waals surface area contributed by atoms with Crippen molar-refractivity contribution in [2.75, 3.05) is 31.7 Å². The molecule has 1 aromatic heterocycles. The van der Waals surface area contributed by atoms with Crippen LogP contribution in [-0.2, 0) is 23.6 Å². The van der Waals surface area contributed by atoms with Gasteiger partial charge in [0, 0.05) is 25.1 Å². The fourth-order valence-corrected chi connectivity index (χ4v) is 5.88. The van der Waals surface area contributed by atoms with Crippen LogP contribution in [0.2, 0.25) is 5.02 Å². The summed E-state index contributed by atoms with van der Waals surface area (Å²) in [5.41, 5.74) is 2.37. The summed E-state index contributed by atoms with van der Waals surface area (Å²) in [5.74, 6) is -0.813. The van der Waals surface area contributed by atoms with E-state index >= 15 is 0 Å². The van der Waals surface area contributed by atoms with E-state index in [0.29, 0.717) is 61.1 Å². The summed E-state index contributed by atoms with van der Waals surface area (Å²) >= 11 is 5.95. The van der Waals surface area contributed by atoms with Crippen LogP contribution in [0.25, 0.3) is 11.0 Å². The molecule has 4 heterocycles. The monoisotopic (exact) mass is 621 g/mol. The minimum Gasteiger partial charge on any atom is -0.494 e. The van der Waals surface area contributed by atoms with E-state index in [1.54, 1.807) is 37.5 Å². The van der Waals surface area contributed by atoms with Crippen molar-refractivity contribution < 1.29 is 33.2 Å². The van der Waals surface area contributed by atoms with Crippen LogP contribution >= 0.6 is 11.6 Å². The number of halogens is 2. The summed E-state index contributed by atoms with van der Waals surface area (Å²) in [5, 5.41) is 16.5. The number of fused-ring (bicyclic) bond motifs is 2. The largest absolute Gasteiger partial charge is 0.494 e. The molecule has 0 saturated carbocycles. The highest BCUT2D eigenvalue weighted by molar-refractivity contribution is 6.30. The lowest BCUT2D eigenvalue weighted by molar-refractivity contribution is -0.0705. The number of aromatic carboxylic acids is 1. The minimum atomic E-state index is -1.36. The van der Waals surface area contributed by atoms with E-state index in [4.69, 9.17) is 40.6 Å². The second-order valence-electron chi connectivity index (χ2n) is 11.0. The van der Waals surface area contributed by atoms with Gasteiger partial charge in [-0.25, -0.2) is 14.2 Å². The van der Waals surface area contributed by atoms with Gasteiger partial charge >= 0.3 is 5.97 Å². The highest BCUT2D eigenvalue weighted by Crippen LogP contribution is 2.49. The zero-order valence-electron chi connectivity index (χ0n) is 24.0. The summed E-state index contributed by atoms with van der Waals surface area (Å²) in [6.45, 7) is 4.44. The van der Waals surface area contributed by atoms with Crippen LogP contribution in [-0.4, -0.2) is 64.9 Å². The van der Waals surface area contributed by atoms with Crippen LogP contribution in [0.15, 0.2) is 53.6 Å². The number of nitrogens with zero attached hydrogens (tertiary/aromatic N) is 5. The van der Waals surface area contributed by atoms with Crippen LogP contribution in [0.1, 0.15) is 35.1 Å². The molecule has 3 aliphatic rings. The molecule has 3 aliphatic heterocycles. The molecule has 2 atom stereocenters. The van der Waals surface area contributed by atoms with Gasteiger partial charge in [-0.1, -0.05) is 17.7 Å². The normalized spacial score (nSPS) is 20.7. The number of methoxy groups -OCH3 is 1. The maximum Gasteiger partial charge on any atom is 0.335 e. The quantitative estimate of drug-likeness (QED) is 0.283. The van der Waals surface area contributed by atoms with Gasteiger partial charge in [-0.05, 0) is 48.9 Å². The number of carboxylic acids is 1. The molecule has 44 heavy (non-hydrogen) atoms. The molecule has 0 bridgehead atoms. The molecule has 0 amide bonds. The number of benzene rings is 3. The van der Waals surface area contributed by atoms with Crippen molar-refractivity contribution in [3.63, 3.8) is 0 Å². The molecule has 1 fully saturated rings. The lowest BCUT2D eigenvalue weighted by Crippen LogP contribution is -2.38. The van der Waals surface area contributed by atoms with Crippen molar-refractivity contribution >= 4 is 40.6 Å². The molecule has 0 radical (unpaired) electrons. The van der Waals surface area contributed by atoms with Crippen LogP contribution in [0.5, 0.6) is 17.2 Å². The molecule has 11 nitrogen and oxygen atoms in total. The second-order valence-corrected chi connectivity index (χ2v) is 11.4. The van der Waals surface area contributed by atoms with Crippen molar-refractivity contribution in [1.82, 2.24) is 14.6 Å². The molecule has 0 spiro atoms. The Morgan fingerprint density at radius 2 is 2.05 bits per heavy atom. The fraction of sp³-hybridized carbons (Fsp3) is 0.323. The van der Waals surface area contributed by atoms with E-state index in [2.05, 4.69) is 0 Å². The van der Waals surface area contributed by atoms with Gasteiger partial charge in [0.25, 0.3) is 5.79 Å². The molecule has 1 saturated heterocycles. The Kier molecular flexibility index (Phi) is 6.97. The first-order valence-electron chi connectivity index (χ1n) is 14.2. The molecule has 0 aliphatic carbocycles. The fourth-order valence-electron chi connectivity index (χ4n) is 5.72. The zero-order chi connectivity index (χ0) is 30.6. The Labute approximate surface area is 256 Å². The Bertz CT molecular complexity index is 1810. The SMILES string of the molecule is COc1cc(C(=O)O)cc2c1nc(CN1CCN(c3cccc4c3OC(C)(c3ccc(Cl)cc3F)O4)C=N1)n2C[C@@H]1CCO1. The third kappa shape index (κ3) is 4.93. The number of ether oxygens (including phenoxy) is 4. The van der Waals surface area contributed by atoms with E-state index in [1.165, 1.54) is 19.2 Å². The molecule has 228 valence electrons. The third-order valence-corrected chi connectivity index (χ3v) is 8.35. The summed E-state index contributed by atoms with van der Waals surface area (Å²) < 4.78 is 40.4. The molecule has 1 unspecified atom stereocenters. The molecule has 3 aromatic carbocycles. The van der Waals surface area contributed by atoms with E-state index in [9.17, 15) is 14.3 Å². The number of carboxylic acid groups (broad SMARTS) is 1. The maximum absolute atomic E-state index is 14.8. The highest BCUT2D eigenvalue weighted by atomic mass is 35.5. The number of carbonyl (C=O) groups is 1. The van der Waals surface area contributed by atoms with Gasteiger partial charge in [-0.15, -0.1) is 0 Å². The van der Waals surface area contributed by atoms with Crippen molar-refractivity contribution in [1.29, 1.82) is 0 Å². The molecular weight excluding hydrogens is 593 g/mol. The molecule has 7 rings (SSSR count). The van der Waals surface area contributed by atoms with Crippen LogP contribution < -0.4 is 19.1 Å². The standard InChI is InChI=1S/C31H29ClFN5O6/c1-31(21-7-6-19(32)14-22(21)33)43-25-5-3-4-23(29(25)44-31)36-9-10-37(34-17-36)16-27-35-28-24(38(27)15-20-8-11-42-20)12-18(30(39)40)13-26(28)41-2/h3-7,12-14,17,20H,8-11,15-16H2,1-2H3,(H,39,40)/t20-,31?/m0/s1. The lowest BCUT2D eigenvalue weighted by atomic mass is 10.1. The number of rotatable bonds is 8. The molecule has 4 aromatic rings. The van der Waals surface area contributed by atoms with Gasteiger partial charge in [0.05, 0.1) is 55.2 Å². The Hall–Kier alpha value is -4.55. The second kappa shape index (κ2) is 10.9. The van der Waals surface area contributed by atoms with Crippen molar-refractivity contribution in [3.8, 4) is 17.2 Å². The van der Waals surface area contributed by atoms with Gasteiger partial charge < -0.3 is 33.5 Å². The molecular formula is C31H29ClFN5O6.